The molecule has 2 aromatic carbocycles. The molecule has 108 valence electrons. The average Bonchev–Trinajstić information content (AvgIpc) is 2.50. The van der Waals surface area contributed by atoms with E-state index in [-0.39, 0.29) is 11.7 Å². The number of nitrogens with zero attached hydrogens (tertiary/aromatic N) is 1. The molecular formula is C16H16N2O2S. The second kappa shape index (κ2) is 8.11. The van der Waals surface area contributed by atoms with Crippen molar-refractivity contribution in [3.8, 4) is 5.75 Å². The molecule has 4 nitrogen and oxygen atoms in total. The van der Waals surface area contributed by atoms with Crippen LogP contribution in [0.4, 0.5) is 0 Å². The average molecular weight is 300 g/mol. The lowest BCUT2D eigenvalue weighted by atomic mass is 10.2. The molecule has 0 aromatic heterocycles. The molecular weight excluding hydrogens is 284 g/mol. The van der Waals surface area contributed by atoms with Crippen molar-refractivity contribution in [1.29, 1.82) is 0 Å². The number of hydrogen-bond donors (Lipinski definition) is 2. The summed E-state index contributed by atoms with van der Waals surface area (Å²) < 4.78 is 0. The molecule has 21 heavy (non-hydrogen) atoms. The van der Waals surface area contributed by atoms with Crippen molar-refractivity contribution in [2.75, 3.05) is 5.75 Å². The van der Waals surface area contributed by atoms with Gasteiger partial charge in [0.1, 0.15) is 5.75 Å². The fourth-order valence-corrected chi connectivity index (χ4v) is 2.42. The molecule has 0 radical (unpaired) electrons. The van der Waals surface area contributed by atoms with Crippen LogP contribution in [0.15, 0.2) is 59.7 Å². The molecule has 1 amide bonds. The van der Waals surface area contributed by atoms with Gasteiger partial charge >= 0.3 is 0 Å². The lowest BCUT2D eigenvalue weighted by molar-refractivity contribution is -0.118. The van der Waals surface area contributed by atoms with E-state index in [2.05, 4.69) is 10.5 Å². The lowest BCUT2D eigenvalue weighted by Crippen LogP contribution is -2.19. The van der Waals surface area contributed by atoms with Gasteiger partial charge in [0, 0.05) is 11.3 Å². The van der Waals surface area contributed by atoms with Gasteiger partial charge in [0.15, 0.2) is 0 Å². The molecule has 0 saturated heterocycles. The molecule has 0 aliphatic rings. The first-order valence-electron chi connectivity index (χ1n) is 6.47. The SMILES string of the molecule is O=C(CSCc1ccccc1)N/N=C/c1ccccc1O. The Morgan fingerprint density at radius 3 is 2.62 bits per heavy atom. The first kappa shape index (κ1) is 15.1. The van der Waals surface area contributed by atoms with Gasteiger partial charge < -0.3 is 5.11 Å². The molecule has 0 heterocycles. The minimum Gasteiger partial charge on any atom is -0.507 e. The number of carbonyl (C=O) groups is 1. The Morgan fingerprint density at radius 2 is 1.86 bits per heavy atom. The molecule has 2 rings (SSSR count). The van der Waals surface area contributed by atoms with Crippen LogP contribution in [0.25, 0.3) is 0 Å². The standard InChI is InChI=1S/C16H16N2O2S/c19-15-9-5-4-8-14(15)10-17-18-16(20)12-21-11-13-6-2-1-3-7-13/h1-10,19H,11-12H2,(H,18,20)/b17-10+. The summed E-state index contributed by atoms with van der Waals surface area (Å²) in [6.45, 7) is 0. The van der Waals surface area contributed by atoms with Crippen LogP contribution in [0.5, 0.6) is 5.75 Å². The van der Waals surface area contributed by atoms with Gasteiger partial charge in [-0.25, -0.2) is 5.43 Å². The Labute approximate surface area is 127 Å². The summed E-state index contributed by atoms with van der Waals surface area (Å²) in [5.41, 5.74) is 4.20. The highest BCUT2D eigenvalue weighted by molar-refractivity contribution is 7.99. The molecule has 0 aliphatic carbocycles. The van der Waals surface area contributed by atoms with Crippen molar-refractivity contribution in [1.82, 2.24) is 5.43 Å². The molecule has 0 spiro atoms. The fourth-order valence-electron chi connectivity index (χ4n) is 1.64. The van der Waals surface area contributed by atoms with Crippen LogP contribution in [-0.2, 0) is 10.5 Å². The normalized spacial score (nSPS) is 10.7. The van der Waals surface area contributed by atoms with Gasteiger partial charge in [-0.3, -0.25) is 4.79 Å². The van der Waals surface area contributed by atoms with Crippen molar-refractivity contribution < 1.29 is 9.90 Å². The van der Waals surface area contributed by atoms with Crippen LogP contribution in [0, 0.1) is 0 Å². The number of nitrogens with one attached hydrogen (secondary N) is 1. The van der Waals surface area contributed by atoms with E-state index in [0.29, 0.717) is 11.3 Å². The van der Waals surface area contributed by atoms with E-state index >= 15 is 0 Å². The third kappa shape index (κ3) is 5.31. The quantitative estimate of drug-likeness (QED) is 0.637. The summed E-state index contributed by atoms with van der Waals surface area (Å²) in [7, 11) is 0. The zero-order valence-electron chi connectivity index (χ0n) is 11.4. The number of aromatic hydroxyl groups is 1. The number of hydrogen-bond acceptors (Lipinski definition) is 4. The highest BCUT2D eigenvalue weighted by Crippen LogP contribution is 2.13. The summed E-state index contributed by atoms with van der Waals surface area (Å²) in [6.07, 6.45) is 1.43. The van der Waals surface area contributed by atoms with E-state index in [9.17, 15) is 9.90 Å². The van der Waals surface area contributed by atoms with E-state index in [1.807, 2.05) is 30.3 Å². The topological polar surface area (TPSA) is 61.7 Å². The van der Waals surface area contributed by atoms with Gasteiger partial charge in [0.25, 0.3) is 0 Å². The van der Waals surface area contributed by atoms with E-state index in [0.717, 1.165) is 5.75 Å². The van der Waals surface area contributed by atoms with Crippen molar-refractivity contribution in [2.24, 2.45) is 5.10 Å². The van der Waals surface area contributed by atoms with Gasteiger partial charge in [-0.1, -0.05) is 42.5 Å². The number of carbonyl (C=O) groups excluding carboxylic acids is 1. The Balaban J connectivity index is 1.71. The lowest BCUT2D eigenvalue weighted by Gasteiger charge is -2.01. The summed E-state index contributed by atoms with van der Waals surface area (Å²) in [4.78, 5) is 11.6. The predicted octanol–water partition coefficient (Wildman–Crippen LogP) is 2.78. The summed E-state index contributed by atoms with van der Waals surface area (Å²) in [6, 6.07) is 16.8. The Morgan fingerprint density at radius 1 is 1.14 bits per heavy atom. The molecule has 2 aromatic rings. The number of rotatable bonds is 6. The van der Waals surface area contributed by atoms with Crippen molar-refractivity contribution in [3.05, 3.63) is 65.7 Å². The molecule has 2 N–H and O–H groups in total. The molecule has 0 saturated carbocycles. The van der Waals surface area contributed by atoms with Gasteiger partial charge in [-0.2, -0.15) is 5.10 Å². The smallest absolute Gasteiger partial charge is 0.250 e. The van der Waals surface area contributed by atoms with Crippen LogP contribution >= 0.6 is 11.8 Å². The first-order valence-corrected chi connectivity index (χ1v) is 7.63. The number of phenolic OH excluding ortho intramolecular Hbond substituents is 1. The van der Waals surface area contributed by atoms with Gasteiger partial charge in [0.05, 0.1) is 12.0 Å². The number of hydrazone groups is 1. The van der Waals surface area contributed by atoms with Gasteiger partial charge in [-0.15, -0.1) is 11.8 Å². The number of phenols is 1. The maximum Gasteiger partial charge on any atom is 0.250 e. The Kier molecular flexibility index (Phi) is 5.84. The van der Waals surface area contributed by atoms with E-state index in [1.165, 1.54) is 23.5 Å². The van der Waals surface area contributed by atoms with E-state index in [1.54, 1.807) is 24.3 Å². The predicted molar refractivity (Wildman–Crippen MR) is 86.4 cm³/mol. The Bertz CT molecular complexity index is 615. The van der Waals surface area contributed by atoms with Crippen molar-refractivity contribution >= 4 is 23.9 Å². The van der Waals surface area contributed by atoms with Crippen LogP contribution < -0.4 is 5.43 Å². The number of benzene rings is 2. The van der Waals surface area contributed by atoms with Crippen LogP contribution in [0.1, 0.15) is 11.1 Å². The molecule has 0 fully saturated rings. The van der Waals surface area contributed by atoms with Crippen molar-refractivity contribution in [3.63, 3.8) is 0 Å². The van der Waals surface area contributed by atoms with Crippen molar-refractivity contribution in [2.45, 2.75) is 5.75 Å². The van der Waals surface area contributed by atoms with Crippen LogP contribution in [0.2, 0.25) is 0 Å². The number of para-hydroxylation sites is 1. The molecule has 0 atom stereocenters. The second-order valence-electron chi connectivity index (χ2n) is 4.33. The molecule has 5 heteroatoms. The largest absolute Gasteiger partial charge is 0.507 e. The third-order valence-electron chi connectivity index (χ3n) is 2.67. The minimum atomic E-state index is -0.164. The van der Waals surface area contributed by atoms with E-state index < -0.39 is 0 Å². The Hall–Kier alpha value is -2.27. The fraction of sp³-hybridized carbons (Fsp3) is 0.125. The minimum absolute atomic E-state index is 0.133. The monoisotopic (exact) mass is 300 g/mol. The van der Waals surface area contributed by atoms with E-state index in [4.69, 9.17) is 0 Å². The third-order valence-corrected chi connectivity index (χ3v) is 3.68. The highest BCUT2D eigenvalue weighted by Gasteiger charge is 2.01. The van der Waals surface area contributed by atoms with Gasteiger partial charge in [-0.05, 0) is 17.7 Å². The molecule has 0 unspecified atom stereocenters. The van der Waals surface area contributed by atoms with Crippen LogP contribution in [-0.4, -0.2) is 23.0 Å². The highest BCUT2D eigenvalue weighted by atomic mass is 32.2. The zero-order chi connectivity index (χ0) is 14.9. The summed E-state index contributed by atoms with van der Waals surface area (Å²) in [5.74, 6) is 1.10. The maximum absolute atomic E-state index is 11.6. The first-order chi connectivity index (χ1) is 10.3. The summed E-state index contributed by atoms with van der Waals surface area (Å²) in [5, 5.41) is 13.4. The summed E-state index contributed by atoms with van der Waals surface area (Å²) >= 11 is 1.53. The van der Waals surface area contributed by atoms with Gasteiger partial charge in [0.2, 0.25) is 5.91 Å². The molecule has 0 aliphatic heterocycles. The molecule has 0 bridgehead atoms. The number of thioether (sulfide) groups is 1. The zero-order valence-corrected chi connectivity index (χ0v) is 12.2. The number of amides is 1. The maximum atomic E-state index is 11.6. The second-order valence-corrected chi connectivity index (χ2v) is 5.32. The van der Waals surface area contributed by atoms with Crippen LogP contribution in [0.3, 0.4) is 0 Å².